The zero-order valence-electron chi connectivity index (χ0n) is 12.9. The first-order valence-electron chi connectivity index (χ1n) is 7.81. The highest BCUT2D eigenvalue weighted by Gasteiger charge is 2.16. The summed E-state index contributed by atoms with van der Waals surface area (Å²) in [6, 6.07) is 9.62. The van der Waals surface area contributed by atoms with Crippen molar-refractivity contribution in [2.24, 2.45) is 0 Å². The van der Waals surface area contributed by atoms with Crippen molar-refractivity contribution in [3.63, 3.8) is 0 Å². The number of nitrogens with one attached hydrogen (secondary N) is 1. The van der Waals surface area contributed by atoms with E-state index in [1.165, 1.54) is 0 Å². The molecule has 0 atom stereocenters. The number of aromatic nitrogens is 1. The number of hydrogen-bond acceptors (Lipinski definition) is 4. The maximum absolute atomic E-state index is 12.2. The summed E-state index contributed by atoms with van der Waals surface area (Å²) in [5.41, 5.74) is 1.56. The number of fused-ring (bicyclic) bond motifs is 1. The van der Waals surface area contributed by atoms with Crippen LogP contribution in [0.25, 0.3) is 10.9 Å². The third-order valence-corrected chi connectivity index (χ3v) is 4.12. The largest absolute Gasteiger partial charge is 0.343 e. The topological polar surface area (TPSA) is 65.5 Å². The number of anilines is 1. The predicted molar refractivity (Wildman–Crippen MR) is 89.1 cm³/mol. The molecule has 120 valence electrons. The molecule has 1 aromatic carbocycles. The Balaban J connectivity index is 1.54. The van der Waals surface area contributed by atoms with Gasteiger partial charge in [-0.1, -0.05) is 18.2 Å². The van der Waals surface area contributed by atoms with E-state index in [9.17, 15) is 9.59 Å². The molecule has 0 radical (unpaired) electrons. The summed E-state index contributed by atoms with van der Waals surface area (Å²) in [6.45, 7) is 3.82. The van der Waals surface area contributed by atoms with E-state index in [2.05, 4.69) is 15.2 Å². The molecule has 0 saturated carbocycles. The molecule has 6 heteroatoms. The molecule has 1 aromatic heterocycles. The van der Waals surface area contributed by atoms with Crippen LogP contribution in [-0.4, -0.2) is 59.8 Å². The van der Waals surface area contributed by atoms with Gasteiger partial charge in [0.2, 0.25) is 12.3 Å². The van der Waals surface area contributed by atoms with Crippen LogP contribution in [0.1, 0.15) is 6.42 Å². The van der Waals surface area contributed by atoms with Crippen molar-refractivity contribution in [3.8, 4) is 0 Å². The fourth-order valence-electron chi connectivity index (χ4n) is 2.77. The van der Waals surface area contributed by atoms with Gasteiger partial charge in [0.1, 0.15) is 0 Å². The van der Waals surface area contributed by atoms with Gasteiger partial charge >= 0.3 is 0 Å². The van der Waals surface area contributed by atoms with E-state index in [-0.39, 0.29) is 5.91 Å². The smallest absolute Gasteiger partial charge is 0.225 e. The average Bonchev–Trinajstić information content (AvgIpc) is 2.61. The molecule has 1 aliphatic heterocycles. The number of piperazine rings is 1. The SMILES string of the molecule is O=CN1CCN(CCC(=O)Nc2cccc3cccnc23)CC1. The van der Waals surface area contributed by atoms with E-state index >= 15 is 0 Å². The number of benzene rings is 1. The highest BCUT2D eigenvalue weighted by atomic mass is 16.1. The lowest BCUT2D eigenvalue weighted by atomic mass is 10.2. The highest BCUT2D eigenvalue weighted by molar-refractivity contribution is 6.00. The van der Waals surface area contributed by atoms with Gasteiger partial charge in [0.25, 0.3) is 0 Å². The van der Waals surface area contributed by atoms with Gasteiger partial charge in [-0.3, -0.25) is 19.5 Å². The fraction of sp³-hybridized carbons (Fsp3) is 0.353. The van der Waals surface area contributed by atoms with E-state index in [1.54, 1.807) is 11.1 Å². The number of para-hydroxylation sites is 1. The molecular formula is C17H20N4O2. The molecule has 2 heterocycles. The summed E-state index contributed by atoms with van der Waals surface area (Å²) >= 11 is 0. The van der Waals surface area contributed by atoms with Gasteiger partial charge in [0, 0.05) is 50.7 Å². The summed E-state index contributed by atoms with van der Waals surface area (Å²) in [5.74, 6) is -0.0130. The molecule has 0 aliphatic carbocycles. The van der Waals surface area contributed by atoms with Crippen LogP contribution in [0.4, 0.5) is 5.69 Å². The number of carbonyl (C=O) groups is 2. The Kier molecular flexibility index (Phi) is 4.83. The molecule has 0 spiro atoms. The monoisotopic (exact) mass is 312 g/mol. The average molecular weight is 312 g/mol. The molecule has 2 aromatic rings. The summed E-state index contributed by atoms with van der Waals surface area (Å²) < 4.78 is 0. The van der Waals surface area contributed by atoms with Crippen molar-refractivity contribution in [3.05, 3.63) is 36.5 Å². The number of hydrogen-bond donors (Lipinski definition) is 1. The molecule has 23 heavy (non-hydrogen) atoms. The first-order valence-corrected chi connectivity index (χ1v) is 7.81. The molecule has 2 amide bonds. The maximum Gasteiger partial charge on any atom is 0.225 e. The third kappa shape index (κ3) is 3.84. The van der Waals surface area contributed by atoms with Crippen molar-refractivity contribution in [2.45, 2.75) is 6.42 Å². The number of amides is 2. The van der Waals surface area contributed by atoms with Crippen molar-refractivity contribution in [1.82, 2.24) is 14.8 Å². The van der Waals surface area contributed by atoms with Crippen LogP contribution in [0.15, 0.2) is 36.5 Å². The van der Waals surface area contributed by atoms with E-state index in [0.29, 0.717) is 13.0 Å². The molecular weight excluding hydrogens is 292 g/mol. The fourth-order valence-corrected chi connectivity index (χ4v) is 2.77. The highest BCUT2D eigenvalue weighted by Crippen LogP contribution is 2.20. The van der Waals surface area contributed by atoms with Gasteiger partial charge in [-0.15, -0.1) is 0 Å². The van der Waals surface area contributed by atoms with Gasteiger partial charge in [-0.2, -0.15) is 0 Å². The van der Waals surface area contributed by atoms with Gasteiger partial charge in [0.05, 0.1) is 11.2 Å². The van der Waals surface area contributed by atoms with Crippen LogP contribution in [0, 0.1) is 0 Å². The van der Waals surface area contributed by atoms with Crippen LogP contribution in [0.5, 0.6) is 0 Å². The second kappa shape index (κ2) is 7.19. The van der Waals surface area contributed by atoms with Crippen LogP contribution in [-0.2, 0) is 9.59 Å². The third-order valence-electron chi connectivity index (χ3n) is 4.12. The van der Waals surface area contributed by atoms with Gasteiger partial charge < -0.3 is 10.2 Å². The standard InChI is InChI=1S/C17H20N4O2/c22-13-21-11-9-20(10-12-21)8-6-16(23)19-15-5-1-3-14-4-2-7-18-17(14)15/h1-5,7,13H,6,8-12H2,(H,19,23). The molecule has 0 unspecified atom stereocenters. The number of nitrogens with zero attached hydrogens (tertiary/aromatic N) is 3. The Morgan fingerprint density at radius 2 is 1.96 bits per heavy atom. The lowest BCUT2D eigenvalue weighted by Gasteiger charge is -2.32. The van der Waals surface area contributed by atoms with Crippen LogP contribution in [0.3, 0.4) is 0 Å². The Bertz CT molecular complexity index is 691. The number of carbonyl (C=O) groups excluding carboxylic acids is 2. The van der Waals surface area contributed by atoms with E-state index in [1.807, 2.05) is 30.3 Å². The number of pyridine rings is 1. The van der Waals surface area contributed by atoms with Crippen LogP contribution < -0.4 is 5.32 Å². The van der Waals surface area contributed by atoms with Gasteiger partial charge in [-0.05, 0) is 12.1 Å². The normalized spacial score (nSPS) is 15.6. The molecule has 6 nitrogen and oxygen atoms in total. The Morgan fingerprint density at radius 1 is 1.17 bits per heavy atom. The van der Waals surface area contributed by atoms with E-state index in [0.717, 1.165) is 49.2 Å². The minimum Gasteiger partial charge on any atom is -0.343 e. The van der Waals surface area contributed by atoms with Crippen molar-refractivity contribution >= 4 is 28.9 Å². The minimum atomic E-state index is -0.0130. The Morgan fingerprint density at radius 3 is 2.74 bits per heavy atom. The zero-order valence-corrected chi connectivity index (χ0v) is 12.9. The van der Waals surface area contributed by atoms with Crippen molar-refractivity contribution in [1.29, 1.82) is 0 Å². The zero-order chi connectivity index (χ0) is 16.1. The Hall–Kier alpha value is -2.47. The Labute approximate surface area is 135 Å². The molecule has 1 N–H and O–H groups in total. The molecule has 1 saturated heterocycles. The number of rotatable bonds is 5. The van der Waals surface area contributed by atoms with Gasteiger partial charge in [0.15, 0.2) is 0 Å². The molecule has 1 aliphatic rings. The predicted octanol–water partition coefficient (Wildman–Crippen LogP) is 1.34. The molecule has 1 fully saturated rings. The second-order valence-corrected chi connectivity index (χ2v) is 5.66. The lowest BCUT2D eigenvalue weighted by Crippen LogP contribution is -2.46. The quantitative estimate of drug-likeness (QED) is 0.846. The first-order chi connectivity index (χ1) is 11.3. The van der Waals surface area contributed by atoms with Gasteiger partial charge in [-0.25, -0.2) is 0 Å². The molecule has 0 bridgehead atoms. The van der Waals surface area contributed by atoms with Crippen molar-refractivity contribution in [2.75, 3.05) is 38.0 Å². The minimum absolute atomic E-state index is 0.0130. The van der Waals surface area contributed by atoms with E-state index < -0.39 is 0 Å². The van der Waals surface area contributed by atoms with Crippen LogP contribution in [0.2, 0.25) is 0 Å². The molecule has 3 rings (SSSR count). The first kappa shape index (κ1) is 15.4. The lowest BCUT2D eigenvalue weighted by molar-refractivity contribution is -0.120. The summed E-state index contributed by atoms with van der Waals surface area (Å²) in [4.78, 5) is 31.2. The van der Waals surface area contributed by atoms with E-state index in [4.69, 9.17) is 0 Å². The van der Waals surface area contributed by atoms with Crippen LogP contribution >= 0.6 is 0 Å². The summed E-state index contributed by atoms with van der Waals surface area (Å²) in [5, 5.41) is 3.96. The second-order valence-electron chi connectivity index (χ2n) is 5.66. The van der Waals surface area contributed by atoms with Crippen molar-refractivity contribution < 1.29 is 9.59 Å². The summed E-state index contributed by atoms with van der Waals surface area (Å²) in [6.07, 6.45) is 3.05. The maximum atomic E-state index is 12.2. The summed E-state index contributed by atoms with van der Waals surface area (Å²) in [7, 11) is 0.